The number of para-hydroxylation sites is 1. The van der Waals surface area contributed by atoms with Crippen LogP contribution >= 0.6 is 0 Å². The van der Waals surface area contributed by atoms with Crippen molar-refractivity contribution < 1.29 is 9.53 Å². The average molecular weight is 252 g/mol. The maximum atomic E-state index is 11.6. The molecule has 0 saturated heterocycles. The first-order chi connectivity index (χ1) is 9.33. The first-order valence-electron chi connectivity index (χ1n) is 6.66. The Labute approximate surface area is 113 Å². The van der Waals surface area contributed by atoms with E-state index in [-0.39, 0.29) is 11.9 Å². The molecule has 0 aliphatic carbocycles. The van der Waals surface area contributed by atoms with E-state index in [1.165, 1.54) is 5.56 Å². The number of hydrogen-bond acceptors (Lipinski definition) is 2. The fourth-order valence-corrected chi connectivity index (χ4v) is 2.63. The maximum Gasteiger partial charge on any atom is 0.311 e. The monoisotopic (exact) mass is 252 g/mol. The van der Waals surface area contributed by atoms with Gasteiger partial charge in [0.05, 0.1) is 6.42 Å². The summed E-state index contributed by atoms with van der Waals surface area (Å²) in [5.74, 6) is 0.895. The van der Waals surface area contributed by atoms with Crippen molar-refractivity contribution in [1.82, 2.24) is 0 Å². The topological polar surface area (TPSA) is 26.3 Å². The normalized spacial score (nSPS) is 17.7. The third kappa shape index (κ3) is 2.68. The van der Waals surface area contributed by atoms with Crippen LogP contribution in [0.3, 0.4) is 0 Å². The summed E-state index contributed by atoms with van der Waals surface area (Å²) in [4.78, 5) is 11.6. The molecule has 2 aromatic rings. The first kappa shape index (κ1) is 12.0. The predicted molar refractivity (Wildman–Crippen MR) is 74.2 cm³/mol. The lowest BCUT2D eigenvalue weighted by Crippen LogP contribution is -2.20. The van der Waals surface area contributed by atoms with Gasteiger partial charge in [0, 0.05) is 0 Å². The summed E-state index contributed by atoms with van der Waals surface area (Å²) in [7, 11) is 0. The number of rotatable bonds is 3. The molecule has 2 heteroatoms. The molecule has 0 N–H and O–H groups in total. The molecule has 19 heavy (non-hydrogen) atoms. The van der Waals surface area contributed by atoms with E-state index >= 15 is 0 Å². The van der Waals surface area contributed by atoms with Crippen molar-refractivity contribution in [2.24, 2.45) is 0 Å². The van der Waals surface area contributed by atoms with E-state index in [9.17, 15) is 4.79 Å². The van der Waals surface area contributed by atoms with Gasteiger partial charge in [-0.3, -0.25) is 4.79 Å². The lowest BCUT2D eigenvalue weighted by molar-refractivity contribution is -0.135. The quantitative estimate of drug-likeness (QED) is 0.615. The molecule has 0 unspecified atom stereocenters. The fourth-order valence-electron chi connectivity index (χ4n) is 2.63. The van der Waals surface area contributed by atoms with Crippen molar-refractivity contribution in [2.75, 3.05) is 0 Å². The van der Waals surface area contributed by atoms with Gasteiger partial charge >= 0.3 is 5.97 Å². The smallest absolute Gasteiger partial charge is 0.311 e. The Hall–Kier alpha value is -2.09. The Bertz CT molecular complexity index is 575. The minimum absolute atomic E-state index is 0.114. The summed E-state index contributed by atoms with van der Waals surface area (Å²) in [6.07, 6.45) is 2.47. The summed E-state index contributed by atoms with van der Waals surface area (Å²) in [6.45, 7) is 0. The van der Waals surface area contributed by atoms with Crippen LogP contribution in [0.25, 0.3) is 0 Å². The minimum Gasteiger partial charge on any atom is -0.426 e. The van der Waals surface area contributed by atoms with Crippen LogP contribution in [-0.4, -0.2) is 5.97 Å². The first-order valence-corrected chi connectivity index (χ1v) is 6.66. The van der Waals surface area contributed by atoms with Crippen LogP contribution in [0.15, 0.2) is 54.6 Å². The van der Waals surface area contributed by atoms with E-state index in [0.717, 1.165) is 24.2 Å². The number of aryl methyl sites for hydroxylation is 1. The summed E-state index contributed by atoms with van der Waals surface area (Å²) >= 11 is 0. The highest BCUT2D eigenvalue weighted by Gasteiger charge is 2.26. The van der Waals surface area contributed by atoms with Gasteiger partial charge < -0.3 is 4.74 Å². The molecule has 0 bridgehead atoms. The van der Waals surface area contributed by atoms with Gasteiger partial charge in [-0.1, -0.05) is 48.5 Å². The van der Waals surface area contributed by atoms with Gasteiger partial charge in [-0.15, -0.1) is 0 Å². The van der Waals surface area contributed by atoms with E-state index in [1.807, 2.05) is 24.3 Å². The standard InChI is InChI=1S/C17H16O2/c18-17-12-14(11-10-13-6-2-1-3-7-13)15-8-4-5-9-16(15)19-17/h1-9,14H,10-12H2/t14-/m0/s1. The lowest BCUT2D eigenvalue weighted by atomic mass is 9.87. The van der Waals surface area contributed by atoms with Gasteiger partial charge in [0.15, 0.2) is 0 Å². The van der Waals surface area contributed by atoms with E-state index in [0.29, 0.717) is 6.42 Å². The van der Waals surface area contributed by atoms with Crippen molar-refractivity contribution in [2.45, 2.75) is 25.2 Å². The molecule has 0 saturated carbocycles. The molecule has 1 aliphatic heterocycles. The molecular weight excluding hydrogens is 236 g/mol. The summed E-state index contributed by atoms with van der Waals surface area (Å²) in [5.41, 5.74) is 2.48. The van der Waals surface area contributed by atoms with Crippen LogP contribution in [0, 0.1) is 0 Å². The van der Waals surface area contributed by atoms with Crippen molar-refractivity contribution in [3.63, 3.8) is 0 Å². The number of carbonyl (C=O) groups is 1. The third-order valence-electron chi connectivity index (χ3n) is 3.62. The molecule has 0 amide bonds. The van der Waals surface area contributed by atoms with E-state index in [1.54, 1.807) is 0 Å². The van der Waals surface area contributed by atoms with Crippen molar-refractivity contribution in [3.8, 4) is 5.75 Å². The lowest BCUT2D eigenvalue weighted by Gasteiger charge is -2.24. The fraction of sp³-hybridized carbons (Fsp3) is 0.235. The number of carbonyl (C=O) groups excluding carboxylic acids is 1. The van der Waals surface area contributed by atoms with Crippen LogP contribution in [0.1, 0.15) is 29.9 Å². The Morgan fingerprint density at radius 3 is 2.58 bits per heavy atom. The van der Waals surface area contributed by atoms with Crippen LogP contribution < -0.4 is 4.74 Å². The average Bonchev–Trinajstić information content (AvgIpc) is 2.45. The molecule has 0 radical (unpaired) electrons. The van der Waals surface area contributed by atoms with Crippen molar-refractivity contribution in [3.05, 3.63) is 65.7 Å². The Balaban J connectivity index is 1.76. The molecule has 0 spiro atoms. The van der Waals surface area contributed by atoms with Gasteiger partial charge in [-0.2, -0.15) is 0 Å². The number of ether oxygens (including phenoxy) is 1. The van der Waals surface area contributed by atoms with E-state index in [2.05, 4.69) is 30.3 Å². The summed E-state index contributed by atoms with van der Waals surface area (Å²) < 4.78 is 5.28. The predicted octanol–water partition coefficient (Wildman–Crippen LogP) is 3.71. The van der Waals surface area contributed by atoms with E-state index < -0.39 is 0 Å². The molecule has 1 aliphatic rings. The Kier molecular flexibility index (Phi) is 3.32. The SMILES string of the molecule is O=C1C[C@H](CCc2ccccc2)c2ccccc2O1. The highest BCUT2D eigenvalue weighted by molar-refractivity contribution is 5.76. The molecule has 2 nitrogen and oxygen atoms in total. The highest BCUT2D eigenvalue weighted by Crippen LogP contribution is 2.36. The second kappa shape index (κ2) is 5.27. The molecule has 3 rings (SSSR count). The van der Waals surface area contributed by atoms with Gasteiger partial charge in [-0.05, 0) is 36.0 Å². The minimum atomic E-state index is -0.114. The summed E-state index contributed by atoms with van der Waals surface area (Å²) in [6, 6.07) is 18.3. The van der Waals surface area contributed by atoms with Crippen LogP contribution in [-0.2, 0) is 11.2 Å². The molecule has 2 aromatic carbocycles. The zero-order valence-corrected chi connectivity index (χ0v) is 10.7. The molecule has 0 aromatic heterocycles. The zero-order valence-electron chi connectivity index (χ0n) is 10.7. The van der Waals surface area contributed by atoms with Crippen LogP contribution in [0.2, 0.25) is 0 Å². The van der Waals surface area contributed by atoms with Gasteiger partial charge in [0.25, 0.3) is 0 Å². The van der Waals surface area contributed by atoms with Gasteiger partial charge in [0.2, 0.25) is 0 Å². The highest BCUT2D eigenvalue weighted by atomic mass is 16.5. The molecule has 1 atom stereocenters. The Morgan fingerprint density at radius 2 is 1.74 bits per heavy atom. The van der Waals surface area contributed by atoms with Crippen molar-refractivity contribution >= 4 is 5.97 Å². The van der Waals surface area contributed by atoms with Gasteiger partial charge in [0.1, 0.15) is 5.75 Å². The summed E-state index contributed by atoms with van der Waals surface area (Å²) in [5, 5.41) is 0. The number of hydrogen-bond donors (Lipinski definition) is 0. The molecule has 1 heterocycles. The number of benzene rings is 2. The molecular formula is C17H16O2. The number of esters is 1. The zero-order chi connectivity index (χ0) is 13.1. The van der Waals surface area contributed by atoms with E-state index in [4.69, 9.17) is 4.74 Å². The number of fused-ring (bicyclic) bond motifs is 1. The van der Waals surface area contributed by atoms with Crippen LogP contribution in [0.4, 0.5) is 0 Å². The largest absolute Gasteiger partial charge is 0.426 e. The van der Waals surface area contributed by atoms with Gasteiger partial charge in [-0.25, -0.2) is 0 Å². The maximum absolute atomic E-state index is 11.6. The molecule has 0 fully saturated rings. The Morgan fingerprint density at radius 1 is 1.00 bits per heavy atom. The second-order valence-corrected chi connectivity index (χ2v) is 4.94. The van der Waals surface area contributed by atoms with Crippen LogP contribution in [0.5, 0.6) is 5.75 Å². The second-order valence-electron chi connectivity index (χ2n) is 4.94. The molecule has 96 valence electrons. The van der Waals surface area contributed by atoms with Crippen molar-refractivity contribution in [1.29, 1.82) is 0 Å². The third-order valence-corrected chi connectivity index (χ3v) is 3.62.